The molecule has 0 amide bonds. The molecule has 1 saturated carbocycles. The molecule has 14 heteroatoms. The molecule has 29 heavy (non-hydrogen) atoms. The standard InChI is InChI=1S/C15H21ClN5O7P/c1-29(24,25)28-26-6-9-10(22)11(23)14(27-9)21-13-8(5-17-21)12(19-15(16)20-13)18-7-3-2-4-7/h5,7,9-11,14,22-23H,2-4,6H2,1H3,(H,24,25)(H,18,19,20)/t9-,10-,11-,14-/m1/s1. The fourth-order valence-electron chi connectivity index (χ4n) is 3.21. The highest BCUT2D eigenvalue weighted by Crippen LogP contribution is 2.38. The number of hydrogen-bond donors (Lipinski definition) is 4. The molecule has 2 aliphatic rings. The highest BCUT2D eigenvalue weighted by molar-refractivity contribution is 7.51. The lowest BCUT2D eigenvalue weighted by atomic mass is 9.93. The van der Waals surface area contributed by atoms with E-state index in [9.17, 15) is 14.8 Å². The molecule has 3 heterocycles. The second-order valence-corrected chi connectivity index (χ2v) is 9.24. The van der Waals surface area contributed by atoms with E-state index in [0.29, 0.717) is 22.9 Å². The van der Waals surface area contributed by atoms with Gasteiger partial charge in [0, 0.05) is 12.7 Å². The minimum absolute atomic E-state index is 0.00374. The number of nitrogens with zero attached hydrogens (tertiary/aromatic N) is 4. The Morgan fingerprint density at radius 1 is 1.38 bits per heavy atom. The van der Waals surface area contributed by atoms with Crippen LogP contribution >= 0.6 is 19.2 Å². The second kappa shape index (κ2) is 8.05. The first-order valence-corrected chi connectivity index (χ1v) is 11.4. The van der Waals surface area contributed by atoms with Crippen molar-refractivity contribution in [1.82, 2.24) is 19.7 Å². The van der Waals surface area contributed by atoms with Crippen molar-refractivity contribution in [2.75, 3.05) is 18.6 Å². The summed E-state index contributed by atoms with van der Waals surface area (Å²) in [5.41, 5.74) is 0.328. The fourth-order valence-corrected chi connectivity index (χ4v) is 3.63. The van der Waals surface area contributed by atoms with Crippen LogP contribution in [0.1, 0.15) is 25.5 Å². The van der Waals surface area contributed by atoms with Gasteiger partial charge in [0.2, 0.25) is 5.28 Å². The quantitative estimate of drug-likeness (QED) is 0.205. The zero-order chi connectivity index (χ0) is 20.8. The summed E-state index contributed by atoms with van der Waals surface area (Å²) in [5, 5.41) is 28.8. The van der Waals surface area contributed by atoms with Gasteiger partial charge in [-0.2, -0.15) is 15.1 Å². The normalized spacial score (nSPS) is 29.7. The minimum Gasteiger partial charge on any atom is -0.387 e. The SMILES string of the molecule is CP(=O)(O)OOC[C@H]1O[C@@H](n2ncc3c(NC4CCC4)nc(Cl)nc32)[C@H](O)[C@@H]1O. The van der Waals surface area contributed by atoms with Crippen LogP contribution in [-0.2, 0) is 18.9 Å². The first kappa shape index (κ1) is 20.9. The van der Waals surface area contributed by atoms with Crippen LogP contribution in [0.15, 0.2) is 6.20 Å². The van der Waals surface area contributed by atoms with Crippen molar-refractivity contribution >= 4 is 36.0 Å². The molecule has 4 N–H and O–H groups in total. The molecule has 0 spiro atoms. The number of ether oxygens (including phenoxy) is 1. The van der Waals surface area contributed by atoms with Gasteiger partial charge >= 0.3 is 7.60 Å². The highest BCUT2D eigenvalue weighted by Gasteiger charge is 2.45. The third-order valence-electron chi connectivity index (χ3n) is 4.87. The van der Waals surface area contributed by atoms with E-state index in [-0.39, 0.29) is 11.9 Å². The third-order valence-corrected chi connectivity index (χ3v) is 5.43. The van der Waals surface area contributed by atoms with Crippen LogP contribution in [0.5, 0.6) is 0 Å². The summed E-state index contributed by atoms with van der Waals surface area (Å²) < 4.78 is 22.4. The Hall–Kier alpha value is -1.37. The monoisotopic (exact) mass is 449 g/mol. The van der Waals surface area contributed by atoms with Crippen molar-refractivity contribution in [2.45, 2.75) is 49.8 Å². The van der Waals surface area contributed by atoms with Crippen LogP contribution in [0.3, 0.4) is 0 Å². The highest BCUT2D eigenvalue weighted by atomic mass is 35.5. The maximum Gasteiger partial charge on any atom is 0.352 e. The molecule has 5 atom stereocenters. The van der Waals surface area contributed by atoms with Gasteiger partial charge in [-0.3, -0.25) is 4.57 Å². The first-order chi connectivity index (χ1) is 13.7. The number of aliphatic hydroxyl groups is 2. The number of hydrogen-bond acceptors (Lipinski definition) is 10. The van der Waals surface area contributed by atoms with E-state index < -0.39 is 32.1 Å². The van der Waals surface area contributed by atoms with Crippen molar-refractivity contribution in [3.8, 4) is 0 Å². The molecule has 1 saturated heterocycles. The molecule has 4 rings (SSSR count). The van der Waals surface area contributed by atoms with Gasteiger partial charge in [0.25, 0.3) is 0 Å². The summed E-state index contributed by atoms with van der Waals surface area (Å²) in [7, 11) is -3.85. The van der Waals surface area contributed by atoms with Gasteiger partial charge in [-0.05, 0) is 30.9 Å². The number of aromatic nitrogens is 4. The Bertz CT molecular complexity index is 935. The summed E-state index contributed by atoms with van der Waals surface area (Å²) in [6.45, 7) is 0.571. The van der Waals surface area contributed by atoms with E-state index in [1.165, 1.54) is 10.9 Å². The molecular formula is C15H21ClN5O7P. The Balaban J connectivity index is 1.55. The molecule has 0 radical (unpaired) electrons. The first-order valence-electron chi connectivity index (χ1n) is 9.03. The van der Waals surface area contributed by atoms with Gasteiger partial charge in [0.15, 0.2) is 11.9 Å². The van der Waals surface area contributed by atoms with Crippen LogP contribution < -0.4 is 5.32 Å². The Labute approximate surface area is 170 Å². The maximum absolute atomic E-state index is 11.1. The summed E-state index contributed by atoms with van der Waals surface area (Å²) in [5.74, 6) is 0.541. The average Bonchev–Trinajstić information content (AvgIpc) is 3.13. The largest absolute Gasteiger partial charge is 0.387 e. The molecule has 160 valence electrons. The van der Waals surface area contributed by atoms with E-state index in [1.54, 1.807) is 0 Å². The predicted octanol–water partition coefficient (Wildman–Crippen LogP) is 0.827. The molecule has 12 nitrogen and oxygen atoms in total. The summed E-state index contributed by atoms with van der Waals surface area (Å²) >= 11 is 6.07. The lowest BCUT2D eigenvalue weighted by Gasteiger charge is -2.27. The minimum atomic E-state index is -3.85. The number of fused-ring (bicyclic) bond motifs is 1. The number of anilines is 1. The van der Waals surface area contributed by atoms with E-state index >= 15 is 0 Å². The van der Waals surface area contributed by atoms with Gasteiger partial charge in [0.05, 0.1) is 11.6 Å². The van der Waals surface area contributed by atoms with Crippen molar-refractivity contribution in [1.29, 1.82) is 0 Å². The van der Waals surface area contributed by atoms with Gasteiger partial charge in [0.1, 0.15) is 30.7 Å². The summed E-state index contributed by atoms with van der Waals surface area (Å²) in [6.07, 6.45) is -0.0517. The van der Waals surface area contributed by atoms with E-state index in [1.807, 2.05) is 0 Å². The second-order valence-electron chi connectivity index (χ2n) is 7.15. The number of nitrogens with one attached hydrogen (secondary N) is 1. The molecule has 0 bridgehead atoms. The molecule has 1 unspecified atom stereocenters. The molecule has 1 aliphatic carbocycles. The fraction of sp³-hybridized carbons (Fsp3) is 0.667. The summed E-state index contributed by atoms with van der Waals surface area (Å²) in [6, 6.07) is 0.310. The third kappa shape index (κ3) is 4.39. The van der Waals surface area contributed by atoms with Gasteiger partial charge < -0.3 is 25.2 Å². The summed E-state index contributed by atoms with van der Waals surface area (Å²) in [4.78, 5) is 22.1. The van der Waals surface area contributed by atoms with Crippen LogP contribution in [0.25, 0.3) is 11.0 Å². The lowest BCUT2D eigenvalue weighted by Crippen LogP contribution is -2.34. The van der Waals surface area contributed by atoms with E-state index in [0.717, 1.165) is 25.9 Å². The van der Waals surface area contributed by atoms with E-state index in [4.69, 9.17) is 21.2 Å². The molecule has 2 aromatic rings. The van der Waals surface area contributed by atoms with Crippen molar-refractivity contribution < 1.29 is 34.0 Å². The smallest absolute Gasteiger partial charge is 0.352 e. The zero-order valence-electron chi connectivity index (χ0n) is 15.4. The molecule has 1 aliphatic heterocycles. The molecular weight excluding hydrogens is 429 g/mol. The molecule has 2 fully saturated rings. The Morgan fingerprint density at radius 2 is 2.14 bits per heavy atom. The lowest BCUT2D eigenvalue weighted by molar-refractivity contribution is -0.238. The predicted molar refractivity (Wildman–Crippen MR) is 100 cm³/mol. The molecule has 2 aromatic heterocycles. The number of rotatable bonds is 7. The van der Waals surface area contributed by atoms with Gasteiger partial charge in [-0.1, -0.05) is 0 Å². The Kier molecular flexibility index (Phi) is 5.79. The Morgan fingerprint density at radius 3 is 2.79 bits per heavy atom. The van der Waals surface area contributed by atoms with Crippen LogP contribution in [-0.4, -0.2) is 72.5 Å². The van der Waals surface area contributed by atoms with Crippen molar-refractivity contribution in [3.63, 3.8) is 0 Å². The van der Waals surface area contributed by atoms with Crippen molar-refractivity contribution in [3.05, 3.63) is 11.5 Å². The van der Waals surface area contributed by atoms with Gasteiger partial charge in [-0.25, -0.2) is 9.57 Å². The van der Waals surface area contributed by atoms with Crippen LogP contribution in [0.2, 0.25) is 5.28 Å². The van der Waals surface area contributed by atoms with Crippen LogP contribution in [0.4, 0.5) is 5.82 Å². The number of halogens is 1. The topological polar surface area (TPSA) is 161 Å². The maximum atomic E-state index is 11.1. The number of aliphatic hydroxyl groups excluding tert-OH is 2. The average molecular weight is 450 g/mol. The van der Waals surface area contributed by atoms with Crippen molar-refractivity contribution in [2.24, 2.45) is 0 Å². The van der Waals surface area contributed by atoms with Gasteiger partial charge in [-0.15, -0.1) is 4.67 Å². The molecule has 0 aromatic carbocycles. The van der Waals surface area contributed by atoms with E-state index in [2.05, 4.69) is 29.9 Å². The zero-order valence-corrected chi connectivity index (χ0v) is 17.0. The van der Waals surface area contributed by atoms with Crippen LogP contribution in [0, 0.1) is 0 Å².